The van der Waals surface area contributed by atoms with Crippen LogP contribution in [0.4, 0.5) is 5.13 Å². The van der Waals surface area contributed by atoms with Gasteiger partial charge in [-0.1, -0.05) is 0 Å². The second-order valence-electron chi connectivity index (χ2n) is 3.83. The Bertz CT molecular complexity index is 551. The molecule has 0 fully saturated rings. The molecule has 0 unspecified atom stereocenters. The Morgan fingerprint density at radius 3 is 3.11 bits per heavy atom. The highest BCUT2D eigenvalue weighted by atomic mass is 32.2. The van der Waals surface area contributed by atoms with E-state index in [-0.39, 0.29) is 5.91 Å². The zero-order valence-electron chi connectivity index (χ0n) is 10.8. The van der Waals surface area contributed by atoms with Crippen LogP contribution < -0.4 is 5.32 Å². The van der Waals surface area contributed by atoms with Gasteiger partial charge in [0.1, 0.15) is 12.2 Å². The number of nitrogens with one attached hydrogen (secondary N) is 1. The van der Waals surface area contributed by atoms with Gasteiger partial charge >= 0.3 is 0 Å². The highest BCUT2D eigenvalue weighted by molar-refractivity contribution is 7.99. The first-order valence-electron chi connectivity index (χ1n) is 5.85. The number of nitrogens with zero attached hydrogens (tertiary/aromatic N) is 4. The summed E-state index contributed by atoms with van der Waals surface area (Å²) in [6.45, 7) is 4.71. The van der Waals surface area contributed by atoms with Crippen molar-refractivity contribution < 1.29 is 4.79 Å². The smallest absolute Gasteiger partial charge is 0.236 e. The van der Waals surface area contributed by atoms with Crippen molar-refractivity contribution in [3.05, 3.63) is 23.2 Å². The molecule has 19 heavy (non-hydrogen) atoms. The molecule has 0 aliphatic rings. The van der Waals surface area contributed by atoms with E-state index in [0.717, 1.165) is 18.1 Å². The lowest BCUT2D eigenvalue weighted by atomic mass is 10.6. The SMILES string of the molecule is CCn1ncnc1CSCC(=O)Nc1nc(C)cs1. The van der Waals surface area contributed by atoms with Gasteiger partial charge in [0.25, 0.3) is 0 Å². The first kappa shape index (κ1) is 14.0. The van der Waals surface area contributed by atoms with Gasteiger partial charge < -0.3 is 5.32 Å². The lowest BCUT2D eigenvalue weighted by molar-refractivity contribution is -0.113. The van der Waals surface area contributed by atoms with Crippen molar-refractivity contribution in [1.82, 2.24) is 19.7 Å². The van der Waals surface area contributed by atoms with Crippen molar-refractivity contribution in [2.45, 2.75) is 26.1 Å². The third kappa shape index (κ3) is 4.03. The van der Waals surface area contributed by atoms with Crippen LogP contribution in [-0.4, -0.2) is 31.4 Å². The maximum Gasteiger partial charge on any atom is 0.236 e. The molecule has 0 saturated heterocycles. The third-order valence-electron chi connectivity index (χ3n) is 2.32. The first-order valence-corrected chi connectivity index (χ1v) is 7.89. The Morgan fingerprint density at radius 2 is 2.42 bits per heavy atom. The number of aryl methyl sites for hydroxylation is 2. The number of hydrogen-bond donors (Lipinski definition) is 1. The van der Waals surface area contributed by atoms with Crippen LogP contribution in [0.15, 0.2) is 11.7 Å². The largest absolute Gasteiger partial charge is 0.301 e. The van der Waals surface area contributed by atoms with Gasteiger partial charge in [-0.05, 0) is 13.8 Å². The standard InChI is InChI=1S/C11H15N5OS2/c1-3-16-9(12-7-13-16)5-18-6-10(17)15-11-14-8(2)4-19-11/h4,7H,3,5-6H2,1-2H3,(H,14,15,17). The van der Waals surface area contributed by atoms with Crippen molar-refractivity contribution in [3.63, 3.8) is 0 Å². The van der Waals surface area contributed by atoms with E-state index in [1.165, 1.54) is 29.4 Å². The molecule has 2 aromatic heterocycles. The number of aromatic nitrogens is 4. The van der Waals surface area contributed by atoms with Gasteiger partial charge in [0.2, 0.25) is 5.91 Å². The van der Waals surface area contributed by atoms with Crippen molar-refractivity contribution in [3.8, 4) is 0 Å². The van der Waals surface area contributed by atoms with E-state index in [1.54, 1.807) is 0 Å². The first-order chi connectivity index (χ1) is 9.19. The topological polar surface area (TPSA) is 72.7 Å². The van der Waals surface area contributed by atoms with Gasteiger partial charge in [-0.3, -0.25) is 4.79 Å². The van der Waals surface area contributed by atoms with E-state index in [0.29, 0.717) is 16.6 Å². The second kappa shape index (κ2) is 6.67. The number of anilines is 1. The number of thiazole rings is 1. The second-order valence-corrected chi connectivity index (χ2v) is 5.67. The maximum atomic E-state index is 11.7. The minimum Gasteiger partial charge on any atom is -0.301 e. The minimum absolute atomic E-state index is 0.0399. The van der Waals surface area contributed by atoms with Gasteiger partial charge in [0, 0.05) is 11.9 Å². The summed E-state index contributed by atoms with van der Waals surface area (Å²) in [6, 6.07) is 0. The molecular formula is C11H15N5OS2. The quantitative estimate of drug-likeness (QED) is 0.882. The summed E-state index contributed by atoms with van der Waals surface area (Å²) in [5.41, 5.74) is 0.920. The lowest BCUT2D eigenvalue weighted by Crippen LogP contribution is -2.14. The molecule has 0 aliphatic carbocycles. The Morgan fingerprint density at radius 1 is 1.58 bits per heavy atom. The van der Waals surface area contributed by atoms with Crippen molar-refractivity contribution in [2.24, 2.45) is 0 Å². The van der Waals surface area contributed by atoms with Crippen LogP contribution >= 0.6 is 23.1 Å². The zero-order valence-corrected chi connectivity index (χ0v) is 12.4. The van der Waals surface area contributed by atoms with Crippen LogP contribution in [0.1, 0.15) is 18.4 Å². The molecule has 0 aliphatic heterocycles. The van der Waals surface area contributed by atoms with Crippen LogP contribution in [-0.2, 0) is 17.1 Å². The molecule has 2 aromatic rings. The average molecular weight is 297 g/mol. The number of carbonyl (C=O) groups excluding carboxylic acids is 1. The Hall–Kier alpha value is -1.41. The summed E-state index contributed by atoms with van der Waals surface area (Å²) in [5, 5.41) is 9.42. The molecule has 2 heterocycles. The number of hydrogen-bond acceptors (Lipinski definition) is 6. The predicted octanol–water partition coefficient (Wildman–Crippen LogP) is 1.93. The summed E-state index contributed by atoms with van der Waals surface area (Å²) >= 11 is 2.95. The molecule has 0 saturated carbocycles. The molecule has 102 valence electrons. The number of amides is 1. The molecular weight excluding hydrogens is 282 g/mol. The average Bonchev–Trinajstić information content (AvgIpc) is 2.98. The molecule has 0 aromatic carbocycles. The van der Waals surface area contributed by atoms with E-state index in [4.69, 9.17) is 0 Å². The number of carbonyl (C=O) groups is 1. The van der Waals surface area contributed by atoms with Crippen molar-refractivity contribution in [1.29, 1.82) is 0 Å². The van der Waals surface area contributed by atoms with Gasteiger partial charge in [-0.25, -0.2) is 14.6 Å². The molecule has 1 N–H and O–H groups in total. The molecule has 0 bridgehead atoms. The molecule has 8 heteroatoms. The van der Waals surface area contributed by atoms with Crippen LogP contribution in [0.2, 0.25) is 0 Å². The maximum absolute atomic E-state index is 11.7. The number of thioether (sulfide) groups is 1. The fourth-order valence-electron chi connectivity index (χ4n) is 1.47. The van der Waals surface area contributed by atoms with Crippen LogP contribution in [0.25, 0.3) is 0 Å². The van der Waals surface area contributed by atoms with Gasteiger partial charge in [-0.2, -0.15) is 5.10 Å². The van der Waals surface area contributed by atoms with E-state index in [9.17, 15) is 4.79 Å². The molecule has 0 radical (unpaired) electrons. The monoisotopic (exact) mass is 297 g/mol. The van der Waals surface area contributed by atoms with E-state index >= 15 is 0 Å². The Balaban J connectivity index is 1.75. The summed E-state index contributed by atoms with van der Waals surface area (Å²) in [4.78, 5) is 20.0. The fourth-order valence-corrected chi connectivity index (χ4v) is 2.94. The van der Waals surface area contributed by atoms with Crippen LogP contribution in [0, 0.1) is 6.92 Å². The predicted molar refractivity (Wildman–Crippen MR) is 77.3 cm³/mol. The summed E-state index contributed by atoms with van der Waals surface area (Å²) < 4.78 is 1.83. The normalized spacial score (nSPS) is 10.6. The molecule has 6 nitrogen and oxygen atoms in total. The zero-order chi connectivity index (χ0) is 13.7. The molecule has 2 rings (SSSR count). The van der Waals surface area contributed by atoms with Crippen LogP contribution in [0.3, 0.4) is 0 Å². The van der Waals surface area contributed by atoms with Crippen LogP contribution in [0.5, 0.6) is 0 Å². The molecule has 0 atom stereocenters. The Kier molecular flexibility index (Phi) is 4.92. The highest BCUT2D eigenvalue weighted by Crippen LogP contribution is 2.15. The van der Waals surface area contributed by atoms with Crippen molar-refractivity contribution in [2.75, 3.05) is 11.1 Å². The molecule has 1 amide bonds. The highest BCUT2D eigenvalue weighted by Gasteiger charge is 2.07. The summed E-state index contributed by atoms with van der Waals surface area (Å²) in [5.74, 6) is 1.92. The summed E-state index contributed by atoms with van der Waals surface area (Å²) in [6.07, 6.45) is 1.54. The van der Waals surface area contributed by atoms with Gasteiger partial charge in [-0.15, -0.1) is 23.1 Å². The third-order valence-corrected chi connectivity index (χ3v) is 4.13. The molecule has 0 spiro atoms. The number of rotatable bonds is 6. The van der Waals surface area contributed by atoms with E-state index in [2.05, 4.69) is 20.4 Å². The van der Waals surface area contributed by atoms with E-state index < -0.39 is 0 Å². The fraction of sp³-hybridized carbons (Fsp3) is 0.455. The summed E-state index contributed by atoms with van der Waals surface area (Å²) in [7, 11) is 0. The lowest BCUT2D eigenvalue weighted by Gasteiger charge is -2.03. The van der Waals surface area contributed by atoms with Gasteiger partial charge in [0.15, 0.2) is 5.13 Å². The van der Waals surface area contributed by atoms with Crippen molar-refractivity contribution >= 4 is 34.1 Å². The minimum atomic E-state index is -0.0399. The van der Waals surface area contributed by atoms with E-state index in [1.807, 2.05) is 23.9 Å². The van der Waals surface area contributed by atoms with Gasteiger partial charge in [0.05, 0.1) is 17.2 Å². The Labute approximate surface area is 119 Å².